The predicted molar refractivity (Wildman–Crippen MR) is 223 cm³/mol. The summed E-state index contributed by atoms with van der Waals surface area (Å²) in [6, 6.07) is 15.6. The lowest BCUT2D eigenvalue weighted by Crippen LogP contribution is -2.60. The van der Waals surface area contributed by atoms with Crippen molar-refractivity contribution in [1.82, 2.24) is 20.3 Å². The van der Waals surface area contributed by atoms with Crippen LogP contribution in [0, 0.1) is 11.3 Å². The Morgan fingerprint density at radius 3 is 1.92 bits per heavy atom. The van der Waals surface area contributed by atoms with Crippen molar-refractivity contribution in [3.8, 4) is 0 Å². The van der Waals surface area contributed by atoms with Crippen molar-refractivity contribution in [3.63, 3.8) is 0 Å². The van der Waals surface area contributed by atoms with Crippen LogP contribution in [0.25, 0.3) is 0 Å². The van der Waals surface area contributed by atoms with Crippen molar-refractivity contribution in [1.29, 1.82) is 0 Å². The van der Waals surface area contributed by atoms with Crippen molar-refractivity contribution in [2.45, 2.75) is 102 Å². The molecule has 0 bridgehead atoms. The quantitative estimate of drug-likeness (QED) is 0.151. The number of sulfonamides is 1. The van der Waals surface area contributed by atoms with Crippen LogP contribution < -0.4 is 25.2 Å². The summed E-state index contributed by atoms with van der Waals surface area (Å²) in [7, 11) is -0.752. The summed E-state index contributed by atoms with van der Waals surface area (Å²) < 4.78 is 38.4. The number of alkyl carbamates (subject to hydrolysis) is 1. The second-order valence-corrected chi connectivity index (χ2v) is 19.2. The molecule has 0 radical (unpaired) electrons. The molecule has 1 saturated heterocycles. The molecule has 5 atom stereocenters. The summed E-state index contributed by atoms with van der Waals surface area (Å²) in [6.45, 7) is 13.8. The van der Waals surface area contributed by atoms with Gasteiger partial charge in [-0.2, -0.15) is 0 Å². The molecule has 1 aliphatic heterocycles. The third kappa shape index (κ3) is 12.2. The molecule has 2 aliphatic carbocycles. The van der Waals surface area contributed by atoms with E-state index < -0.39 is 91.2 Å². The number of nitrogens with one attached hydrogen (secondary N) is 3. The molecule has 6 amide bonds. The number of amides is 6. The fourth-order valence-electron chi connectivity index (χ4n) is 6.37. The number of ether oxygens (including phenoxy) is 2. The van der Waals surface area contributed by atoms with E-state index in [0.29, 0.717) is 18.5 Å². The summed E-state index contributed by atoms with van der Waals surface area (Å²) in [5.41, 5.74) is -1.91. The maximum atomic E-state index is 14.2. The molecule has 2 saturated carbocycles. The van der Waals surface area contributed by atoms with Crippen molar-refractivity contribution in [2.75, 3.05) is 30.4 Å². The molecule has 1 unspecified atom stereocenters. The number of rotatable bonds is 11. The van der Waals surface area contributed by atoms with Crippen molar-refractivity contribution < 1.29 is 46.7 Å². The van der Waals surface area contributed by atoms with E-state index in [-0.39, 0.29) is 19.4 Å². The number of hydrogen-bond donors (Lipinski definition) is 3. The van der Waals surface area contributed by atoms with Crippen LogP contribution in [0.15, 0.2) is 73.3 Å². The fraction of sp³-hybridized carbons (Fsp3) is 0.512. The van der Waals surface area contributed by atoms with Gasteiger partial charge in [-0.1, -0.05) is 63.2 Å². The Morgan fingerprint density at radius 2 is 1.46 bits per heavy atom. The van der Waals surface area contributed by atoms with E-state index in [4.69, 9.17) is 21.1 Å². The van der Waals surface area contributed by atoms with E-state index in [0.717, 1.165) is 5.69 Å². The lowest BCUT2D eigenvalue weighted by Gasteiger charge is -2.36. The van der Waals surface area contributed by atoms with E-state index >= 15 is 0 Å². The highest BCUT2D eigenvalue weighted by atomic mass is 35.5. The van der Waals surface area contributed by atoms with Gasteiger partial charge in [0.2, 0.25) is 21.8 Å². The average molecular weight is 859 g/mol. The van der Waals surface area contributed by atoms with E-state index in [2.05, 4.69) is 21.9 Å². The van der Waals surface area contributed by atoms with Crippen molar-refractivity contribution >= 4 is 68.3 Å². The van der Waals surface area contributed by atoms with Gasteiger partial charge < -0.3 is 29.9 Å². The zero-order valence-corrected chi connectivity index (χ0v) is 36.3. The predicted octanol–water partition coefficient (Wildman–Crippen LogP) is 5.32. The Balaban J connectivity index is 0.000000603. The second kappa shape index (κ2) is 18.4. The average Bonchev–Trinajstić information content (AvgIpc) is 4.09. The van der Waals surface area contributed by atoms with Gasteiger partial charge in [-0.05, 0) is 81.3 Å². The van der Waals surface area contributed by atoms with Crippen LogP contribution in [-0.4, -0.2) is 104 Å². The minimum atomic E-state index is -3.91. The van der Waals surface area contributed by atoms with Gasteiger partial charge in [-0.25, -0.2) is 18.0 Å². The highest BCUT2D eigenvalue weighted by molar-refractivity contribution is 7.91. The number of likely N-dealkylation sites (tertiary alicyclic amines) is 1. The molecule has 322 valence electrons. The van der Waals surface area contributed by atoms with Crippen LogP contribution in [0.5, 0.6) is 0 Å². The summed E-state index contributed by atoms with van der Waals surface area (Å²) in [5.74, 6) is -2.80. The molecule has 3 fully saturated rings. The normalized spacial score (nSPS) is 21.6. The van der Waals surface area contributed by atoms with Gasteiger partial charge in [0, 0.05) is 37.8 Å². The molecular formula is C41H55ClN6O10S. The van der Waals surface area contributed by atoms with Crippen LogP contribution in [0.2, 0.25) is 0 Å². The van der Waals surface area contributed by atoms with Gasteiger partial charge in [0.1, 0.15) is 29.3 Å². The van der Waals surface area contributed by atoms with Gasteiger partial charge in [0.15, 0.2) is 0 Å². The van der Waals surface area contributed by atoms with Crippen LogP contribution in [0.1, 0.15) is 67.2 Å². The molecule has 5 rings (SSSR count). The highest BCUT2D eigenvalue weighted by Crippen LogP contribution is 2.45. The number of nitrogens with zero attached hydrogens (tertiary/aromatic N) is 3. The summed E-state index contributed by atoms with van der Waals surface area (Å²) in [5, 5.41) is 4.21. The third-order valence-corrected chi connectivity index (χ3v) is 12.0. The minimum absolute atomic E-state index is 0.111. The highest BCUT2D eigenvalue weighted by Gasteiger charge is 2.62. The van der Waals surface area contributed by atoms with Gasteiger partial charge >= 0.3 is 17.6 Å². The molecule has 1 heterocycles. The first-order valence-electron chi connectivity index (χ1n) is 19.2. The lowest BCUT2D eigenvalue weighted by atomic mass is 9.85. The van der Waals surface area contributed by atoms with Crippen LogP contribution in [-0.2, 0) is 33.9 Å². The van der Waals surface area contributed by atoms with Gasteiger partial charge in [-0.3, -0.25) is 28.8 Å². The second-order valence-electron chi connectivity index (χ2n) is 16.9. The van der Waals surface area contributed by atoms with E-state index in [1.165, 1.54) is 27.8 Å². The summed E-state index contributed by atoms with van der Waals surface area (Å²) >= 11 is 5.25. The first-order chi connectivity index (χ1) is 27.4. The maximum absolute atomic E-state index is 14.2. The molecule has 3 N–H and O–H groups in total. The number of carbonyl (C=O) groups excluding carboxylic acids is 6. The van der Waals surface area contributed by atoms with Crippen molar-refractivity contribution in [3.05, 3.63) is 73.3 Å². The zero-order valence-electron chi connectivity index (χ0n) is 34.7. The molecular weight excluding hydrogens is 804 g/mol. The number of hydrogen-bond acceptors (Lipinski definition) is 10. The standard InChI is InChI=1S/C33H47N5O9S.C8H8ClNO/c1-9-20-18-33(20,28(41)36-48(44,45)23-15-16-23)35-26(39)24-17-22(46-30(43)37(8)21-13-11-10-12-14-21)19-38(24)27(40)25(31(2,3)4)34-29(42)47-32(5,6)7;1-10(8(9)11)7-5-3-2-4-6-7/h9-14,20,22-25H,1,15-19H2,2-8H3,(H,34,42)(H,35,39)(H,36,41);2-6H,1H3/t20?,22-,24+,25-,33-;/m1./s1. The number of para-hydroxylation sites is 2. The van der Waals surface area contributed by atoms with Crippen molar-refractivity contribution in [2.24, 2.45) is 11.3 Å². The fourth-order valence-corrected chi connectivity index (χ4v) is 7.83. The largest absolute Gasteiger partial charge is 0.444 e. The molecule has 18 heteroatoms. The number of halogens is 1. The summed E-state index contributed by atoms with van der Waals surface area (Å²) in [4.78, 5) is 82.1. The van der Waals surface area contributed by atoms with Crippen LogP contribution in [0.3, 0.4) is 0 Å². The number of anilines is 2. The monoisotopic (exact) mass is 858 g/mol. The molecule has 59 heavy (non-hydrogen) atoms. The van der Waals surface area contributed by atoms with Crippen LogP contribution >= 0.6 is 11.6 Å². The first-order valence-corrected chi connectivity index (χ1v) is 21.1. The Labute approximate surface area is 351 Å². The van der Waals surface area contributed by atoms with Gasteiger partial charge in [-0.15, -0.1) is 6.58 Å². The molecule has 2 aromatic carbocycles. The third-order valence-electron chi connectivity index (χ3n) is 9.96. The lowest BCUT2D eigenvalue weighted by molar-refractivity contribution is -0.143. The maximum Gasteiger partial charge on any atom is 0.414 e. The topological polar surface area (TPSA) is 201 Å². The Kier molecular flexibility index (Phi) is 14.5. The zero-order chi connectivity index (χ0) is 44.1. The van der Waals surface area contributed by atoms with E-state index in [1.54, 1.807) is 78.9 Å². The molecule has 3 aliphatic rings. The van der Waals surface area contributed by atoms with E-state index in [9.17, 15) is 37.2 Å². The Bertz CT molecular complexity index is 2000. The smallest absolute Gasteiger partial charge is 0.414 e. The van der Waals surface area contributed by atoms with Gasteiger partial charge in [0.25, 0.3) is 5.91 Å². The van der Waals surface area contributed by atoms with Crippen LogP contribution in [0.4, 0.5) is 25.8 Å². The molecule has 0 spiro atoms. The Hall–Kier alpha value is -5.16. The molecule has 2 aromatic rings. The number of benzene rings is 2. The summed E-state index contributed by atoms with van der Waals surface area (Å²) in [6.07, 6.45) is -0.135. The molecule has 0 aromatic heterocycles. The molecule has 16 nitrogen and oxygen atoms in total. The van der Waals surface area contributed by atoms with Gasteiger partial charge in [0.05, 0.1) is 11.8 Å². The SMILES string of the molecule is C=CC1C[C@]1(NC(=O)[C@@H]1C[C@@H](OC(=O)N(C)c2ccccc2)CN1C(=O)[C@@H](NC(=O)OC(C)(C)C)C(C)(C)C)C(=O)NS(=O)(=O)C1CC1.CN(C(=O)Cl)c1ccccc1. The minimum Gasteiger partial charge on any atom is -0.444 e. The van der Waals surface area contributed by atoms with E-state index in [1.807, 2.05) is 30.3 Å². The first kappa shape index (κ1) is 46.5. The Morgan fingerprint density at radius 1 is 0.915 bits per heavy atom. The number of carbonyl (C=O) groups is 6.